The molecule has 0 unspecified atom stereocenters. The van der Waals surface area contributed by atoms with E-state index in [9.17, 15) is 19.2 Å². The van der Waals surface area contributed by atoms with Crippen molar-refractivity contribution in [2.45, 2.75) is 27.2 Å². The number of carbonyl (C=O) groups excluding carboxylic acids is 4. The third-order valence-electron chi connectivity index (χ3n) is 3.44. The van der Waals surface area contributed by atoms with Crippen LogP contribution in [0.2, 0.25) is 0 Å². The van der Waals surface area contributed by atoms with Gasteiger partial charge < -0.3 is 20.1 Å². The van der Waals surface area contributed by atoms with Crippen LogP contribution in [-0.2, 0) is 19.1 Å². The molecule has 26 heavy (non-hydrogen) atoms. The van der Waals surface area contributed by atoms with Gasteiger partial charge in [0.15, 0.2) is 0 Å². The van der Waals surface area contributed by atoms with Crippen LogP contribution in [0.3, 0.4) is 0 Å². The Morgan fingerprint density at radius 2 is 1.62 bits per heavy atom. The van der Waals surface area contributed by atoms with Gasteiger partial charge in [-0.2, -0.15) is 0 Å². The Kier molecular flexibility index (Phi) is 7.30. The monoisotopic (exact) mass is 364 g/mol. The predicted octanol–water partition coefficient (Wildman–Crippen LogP) is 1.75. The highest BCUT2D eigenvalue weighted by atomic mass is 16.5. The number of nitrogens with one attached hydrogen (secondary N) is 2. The van der Waals surface area contributed by atoms with Gasteiger partial charge in [-0.05, 0) is 18.2 Å². The number of hydrogen-bond acceptors (Lipinski definition) is 6. The third kappa shape index (κ3) is 5.87. The zero-order valence-corrected chi connectivity index (χ0v) is 15.6. The largest absolute Gasteiger partial charge is 0.465 e. The molecule has 0 aliphatic carbocycles. The zero-order valence-electron chi connectivity index (χ0n) is 15.6. The normalized spacial score (nSPS) is 10.7. The van der Waals surface area contributed by atoms with E-state index in [0.717, 1.165) is 0 Å². The Bertz CT molecular complexity index is 706. The minimum Gasteiger partial charge on any atom is -0.465 e. The highest BCUT2D eigenvalue weighted by Gasteiger charge is 2.21. The molecule has 0 atom stereocenters. The van der Waals surface area contributed by atoms with E-state index in [1.54, 1.807) is 20.8 Å². The summed E-state index contributed by atoms with van der Waals surface area (Å²) in [5.74, 6) is -1.85. The molecule has 2 N–H and O–H groups in total. The smallest absolute Gasteiger partial charge is 0.339 e. The predicted molar refractivity (Wildman–Crippen MR) is 94.8 cm³/mol. The van der Waals surface area contributed by atoms with Gasteiger partial charge in [0.25, 0.3) is 0 Å². The Hall–Kier alpha value is -2.90. The fourth-order valence-electron chi connectivity index (χ4n) is 1.95. The van der Waals surface area contributed by atoms with Crippen LogP contribution in [-0.4, -0.2) is 44.5 Å². The fourth-order valence-corrected chi connectivity index (χ4v) is 1.95. The summed E-state index contributed by atoms with van der Waals surface area (Å²) in [4.78, 5) is 47.4. The molecule has 0 aliphatic heterocycles. The third-order valence-corrected chi connectivity index (χ3v) is 3.44. The Balaban J connectivity index is 2.85. The Labute approximate surface area is 152 Å². The molecule has 0 spiro atoms. The van der Waals surface area contributed by atoms with Crippen molar-refractivity contribution >= 4 is 29.4 Å². The zero-order chi connectivity index (χ0) is 19.9. The molecule has 0 saturated carbocycles. The van der Waals surface area contributed by atoms with Gasteiger partial charge in [0, 0.05) is 18.4 Å². The van der Waals surface area contributed by atoms with Crippen LogP contribution in [0.1, 0.15) is 47.9 Å². The van der Waals surface area contributed by atoms with Gasteiger partial charge in [0.05, 0.1) is 31.0 Å². The van der Waals surface area contributed by atoms with E-state index >= 15 is 0 Å². The first kappa shape index (κ1) is 21.1. The van der Waals surface area contributed by atoms with Crippen LogP contribution in [0.5, 0.6) is 0 Å². The Morgan fingerprint density at radius 1 is 1.00 bits per heavy atom. The van der Waals surface area contributed by atoms with E-state index in [1.165, 1.54) is 32.4 Å². The molecule has 0 aliphatic rings. The molecule has 0 heterocycles. The molecule has 0 aromatic heterocycles. The first-order valence-corrected chi connectivity index (χ1v) is 7.99. The molecule has 1 aromatic rings. The lowest BCUT2D eigenvalue weighted by Gasteiger charge is -2.17. The minimum absolute atomic E-state index is 0.00485. The molecular weight excluding hydrogens is 340 g/mol. The van der Waals surface area contributed by atoms with Gasteiger partial charge in [-0.15, -0.1) is 0 Å². The van der Waals surface area contributed by atoms with Crippen molar-refractivity contribution in [3.63, 3.8) is 0 Å². The van der Waals surface area contributed by atoms with E-state index in [0.29, 0.717) is 0 Å². The topological polar surface area (TPSA) is 111 Å². The molecule has 0 radical (unpaired) electrons. The molecule has 0 saturated heterocycles. The fraction of sp³-hybridized carbons (Fsp3) is 0.444. The van der Waals surface area contributed by atoms with Crippen molar-refractivity contribution < 1.29 is 28.7 Å². The number of amides is 2. The van der Waals surface area contributed by atoms with E-state index in [1.807, 2.05) is 0 Å². The molecular formula is C18H24N2O6. The average Bonchev–Trinajstić information content (AvgIpc) is 2.59. The molecule has 1 aromatic carbocycles. The second kappa shape index (κ2) is 8.98. The summed E-state index contributed by atoms with van der Waals surface area (Å²) in [7, 11) is 2.44. The van der Waals surface area contributed by atoms with Crippen molar-refractivity contribution in [3.8, 4) is 0 Å². The van der Waals surface area contributed by atoms with Gasteiger partial charge >= 0.3 is 11.9 Å². The lowest BCUT2D eigenvalue weighted by Crippen LogP contribution is -2.36. The van der Waals surface area contributed by atoms with E-state index in [2.05, 4.69) is 20.1 Å². The van der Waals surface area contributed by atoms with E-state index in [4.69, 9.17) is 0 Å². The summed E-state index contributed by atoms with van der Waals surface area (Å²) < 4.78 is 9.30. The summed E-state index contributed by atoms with van der Waals surface area (Å²) in [6, 6.07) is 4.11. The van der Waals surface area contributed by atoms with Gasteiger partial charge in [0.1, 0.15) is 0 Å². The number of rotatable bonds is 6. The molecule has 1 rings (SSSR count). The van der Waals surface area contributed by atoms with Crippen LogP contribution in [0.25, 0.3) is 0 Å². The molecule has 8 heteroatoms. The van der Waals surface area contributed by atoms with Crippen LogP contribution < -0.4 is 10.6 Å². The molecule has 0 bridgehead atoms. The number of methoxy groups -OCH3 is 2. The molecule has 142 valence electrons. The highest BCUT2D eigenvalue weighted by Crippen LogP contribution is 2.20. The van der Waals surface area contributed by atoms with Gasteiger partial charge in [-0.3, -0.25) is 9.59 Å². The summed E-state index contributed by atoms with van der Waals surface area (Å²) in [6.07, 6.45) is 0.00485. The number of hydrogen-bond donors (Lipinski definition) is 2. The number of benzene rings is 1. The Morgan fingerprint density at radius 3 is 2.15 bits per heavy atom. The lowest BCUT2D eigenvalue weighted by molar-refractivity contribution is -0.128. The van der Waals surface area contributed by atoms with Crippen LogP contribution >= 0.6 is 0 Å². The summed E-state index contributed by atoms with van der Waals surface area (Å²) in [5.41, 5.74) is -0.140. The maximum absolute atomic E-state index is 12.1. The van der Waals surface area contributed by atoms with Crippen molar-refractivity contribution in [2.24, 2.45) is 5.41 Å². The molecule has 8 nitrogen and oxygen atoms in total. The first-order valence-electron chi connectivity index (χ1n) is 7.99. The number of esters is 2. The van der Waals surface area contributed by atoms with Crippen LogP contribution in [0, 0.1) is 5.41 Å². The summed E-state index contributed by atoms with van der Waals surface area (Å²) in [6.45, 7) is 5.45. The average molecular weight is 364 g/mol. The van der Waals surface area contributed by atoms with Gasteiger partial charge in [-0.25, -0.2) is 9.59 Å². The lowest BCUT2D eigenvalue weighted by atomic mass is 9.96. The number of anilines is 1. The minimum atomic E-state index is -0.655. The number of carbonyl (C=O) groups is 4. The van der Waals surface area contributed by atoms with Crippen molar-refractivity contribution in [1.82, 2.24) is 5.32 Å². The van der Waals surface area contributed by atoms with Crippen LogP contribution in [0.15, 0.2) is 18.2 Å². The van der Waals surface area contributed by atoms with Crippen molar-refractivity contribution in [3.05, 3.63) is 29.3 Å². The van der Waals surface area contributed by atoms with Crippen molar-refractivity contribution in [1.29, 1.82) is 0 Å². The number of ether oxygens (including phenoxy) is 2. The second-order valence-electron chi connectivity index (χ2n) is 6.55. The first-order chi connectivity index (χ1) is 12.1. The second-order valence-corrected chi connectivity index (χ2v) is 6.55. The highest BCUT2D eigenvalue weighted by molar-refractivity contribution is 6.03. The molecule has 0 fully saturated rings. The maximum Gasteiger partial charge on any atom is 0.339 e. The summed E-state index contributed by atoms with van der Waals surface area (Å²) in [5, 5.41) is 5.22. The van der Waals surface area contributed by atoms with E-state index < -0.39 is 23.3 Å². The van der Waals surface area contributed by atoms with Crippen molar-refractivity contribution in [2.75, 3.05) is 26.1 Å². The van der Waals surface area contributed by atoms with Gasteiger partial charge in [0.2, 0.25) is 11.8 Å². The van der Waals surface area contributed by atoms with Crippen LogP contribution in [0.4, 0.5) is 5.69 Å². The maximum atomic E-state index is 12.1. The standard InChI is InChI=1S/C18H24N2O6/c1-18(2,3)17(24)19-9-8-14(21)20-13-10-11(15(22)25-4)6-7-12(13)16(23)26-5/h6-7,10H,8-9H2,1-5H3,(H,19,24)(H,20,21). The van der Waals surface area contributed by atoms with E-state index in [-0.39, 0.29) is 35.7 Å². The molecule has 2 amide bonds. The quantitative estimate of drug-likeness (QED) is 0.744. The SMILES string of the molecule is COC(=O)c1ccc(C(=O)OC)c(NC(=O)CCNC(=O)C(C)(C)C)c1. The van der Waals surface area contributed by atoms with Gasteiger partial charge in [-0.1, -0.05) is 20.8 Å². The summed E-state index contributed by atoms with van der Waals surface area (Å²) >= 11 is 0.